The molecule has 4 rings (SSSR count). The Kier molecular flexibility index (Phi) is 6.50. The summed E-state index contributed by atoms with van der Waals surface area (Å²) in [5.41, 5.74) is 0.905. The Bertz CT molecular complexity index is 949. The number of fused-ring (bicyclic) bond motifs is 1. The lowest BCUT2D eigenvalue weighted by molar-refractivity contribution is -0.155. The summed E-state index contributed by atoms with van der Waals surface area (Å²) in [6, 6.07) is 10.6. The first-order valence-electron chi connectivity index (χ1n) is 11.6. The molecule has 5 heteroatoms. The number of carboxylic acid groups (broad SMARTS) is 1. The van der Waals surface area contributed by atoms with E-state index in [0.717, 1.165) is 40.8 Å². The third-order valence-electron chi connectivity index (χ3n) is 7.77. The smallest absolute Gasteiger partial charge is 0.307 e. The van der Waals surface area contributed by atoms with Crippen LogP contribution in [0.2, 0.25) is 5.02 Å². The number of hydrogen-bond donors (Lipinski definition) is 2. The fourth-order valence-corrected chi connectivity index (χ4v) is 5.55. The molecular weight excluding hydrogens is 410 g/mol. The van der Waals surface area contributed by atoms with Crippen molar-refractivity contribution in [1.29, 1.82) is 0 Å². The second kappa shape index (κ2) is 8.99. The number of carbonyl (C=O) groups is 1. The van der Waals surface area contributed by atoms with Gasteiger partial charge in [0.05, 0.1) is 17.0 Å². The average molecular weight is 444 g/mol. The zero-order chi connectivity index (χ0) is 22.2. The number of benzene rings is 2. The molecule has 0 spiro atoms. The summed E-state index contributed by atoms with van der Waals surface area (Å²) in [5.74, 6) is 0.649. The monoisotopic (exact) mass is 443 g/mol. The number of ether oxygens (including phenoxy) is 1. The maximum absolute atomic E-state index is 11.4. The Morgan fingerprint density at radius 1 is 1.19 bits per heavy atom. The number of nitrogens with one attached hydrogen (secondary N) is 1. The predicted octanol–water partition coefficient (Wildman–Crippen LogP) is 6.43. The van der Waals surface area contributed by atoms with Crippen LogP contribution < -0.4 is 10.1 Å². The Balaban J connectivity index is 1.43. The van der Waals surface area contributed by atoms with Gasteiger partial charge in [-0.05, 0) is 66.5 Å². The highest BCUT2D eigenvalue weighted by molar-refractivity contribution is 6.37. The molecule has 0 heterocycles. The van der Waals surface area contributed by atoms with Crippen molar-refractivity contribution in [3.8, 4) is 5.75 Å². The van der Waals surface area contributed by atoms with E-state index in [1.807, 2.05) is 19.9 Å². The fourth-order valence-electron chi connectivity index (χ4n) is 5.28. The zero-order valence-corrected chi connectivity index (χ0v) is 19.5. The van der Waals surface area contributed by atoms with Gasteiger partial charge in [-0.2, -0.15) is 0 Å². The van der Waals surface area contributed by atoms with Crippen molar-refractivity contribution in [3.63, 3.8) is 0 Å². The van der Waals surface area contributed by atoms with Gasteiger partial charge in [0.2, 0.25) is 0 Å². The van der Waals surface area contributed by atoms with Crippen molar-refractivity contribution in [2.24, 2.45) is 17.3 Å². The van der Waals surface area contributed by atoms with Crippen LogP contribution in [0.5, 0.6) is 5.75 Å². The van der Waals surface area contributed by atoms with Crippen molar-refractivity contribution in [3.05, 3.63) is 40.9 Å². The lowest BCUT2D eigenvalue weighted by Gasteiger charge is -2.50. The zero-order valence-electron chi connectivity index (χ0n) is 18.8. The molecule has 2 aromatic rings. The van der Waals surface area contributed by atoms with E-state index in [1.54, 1.807) is 0 Å². The lowest BCUT2D eigenvalue weighted by atomic mass is 9.58. The third-order valence-corrected chi connectivity index (χ3v) is 8.16. The molecular formula is C26H34ClNO3. The third kappa shape index (κ3) is 4.56. The summed E-state index contributed by atoms with van der Waals surface area (Å²) in [5, 5.41) is 15.7. The topological polar surface area (TPSA) is 58.6 Å². The Labute approximate surface area is 190 Å². The minimum Gasteiger partial charge on any atom is -0.489 e. The minimum absolute atomic E-state index is 0.202. The maximum Gasteiger partial charge on any atom is 0.307 e. The van der Waals surface area contributed by atoms with E-state index < -0.39 is 5.97 Å². The minimum atomic E-state index is -0.698. The van der Waals surface area contributed by atoms with Crippen LogP contribution in [0.4, 0.5) is 0 Å². The average Bonchev–Trinajstić information content (AvgIpc) is 2.75. The van der Waals surface area contributed by atoms with Crippen LogP contribution in [0.25, 0.3) is 10.8 Å². The first kappa shape index (κ1) is 22.4. The van der Waals surface area contributed by atoms with Gasteiger partial charge >= 0.3 is 5.97 Å². The number of aliphatic carboxylic acids is 1. The van der Waals surface area contributed by atoms with Gasteiger partial charge in [-0.3, -0.25) is 4.79 Å². The first-order chi connectivity index (χ1) is 14.8. The second-order valence-corrected chi connectivity index (χ2v) is 10.4. The maximum atomic E-state index is 11.4. The summed E-state index contributed by atoms with van der Waals surface area (Å²) in [4.78, 5) is 11.4. The SMILES string of the molecule is CCC1CCC(Oc2ccc3ccc(CNC4CC(C(=O)O)C4(C)C)cc3c2Cl)CC1. The van der Waals surface area contributed by atoms with Crippen molar-refractivity contribution >= 4 is 28.3 Å². The fraction of sp³-hybridized carbons (Fsp3) is 0.577. The van der Waals surface area contributed by atoms with E-state index in [2.05, 4.69) is 36.5 Å². The molecule has 2 aromatic carbocycles. The number of halogens is 1. The molecule has 2 saturated carbocycles. The molecule has 2 aliphatic rings. The molecule has 0 aliphatic heterocycles. The van der Waals surface area contributed by atoms with Gasteiger partial charge in [-0.25, -0.2) is 0 Å². The molecule has 0 radical (unpaired) electrons. The lowest BCUT2D eigenvalue weighted by Crippen LogP contribution is -2.58. The number of hydrogen-bond acceptors (Lipinski definition) is 3. The highest BCUT2D eigenvalue weighted by Crippen LogP contribution is 2.46. The van der Waals surface area contributed by atoms with E-state index in [9.17, 15) is 9.90 Å². The van der Waals surface area contributed by atoms with Crippen LogP contribution in [-0.2, 0) is 11.3 Å². The van der Waals surface area contributed by atoms with Gasteiger partial charge < -0.3 is 15.2 Å². The molecule has 4 nitrogen and oxygen atoms in total. The second-order valence-electron chi connectivity index (χ2n) is 9.98. The van der Waals surface area contributed by atoms with Crippen LogP contribution in [-0.4, -0.2) is 23.2 Å². The Morgan fingerprint density at radius 2 is 1.90 bits per heavy atom. The molecule has 168 valence electrons. The Hall–Kier alpha value is -1.78. The summed E-state index contributed by atoms with van der Waals surface area (Å²) in [6.45, 7) is 7.03. The molecule has 31 heavy (non-hydrogen) atoms. The van der Waals surface area contributed by atoms with Crippen molar-refractivity contribution in [2.75, 3.05) is 0 Å². The van der Waals surface area contributed by atoms with Gasteiger partial charge in [0.1, 0.15) is 5.75 Å². The molecule has 2 atom stereocenters. The van der Waals surface area contributed by atoms with Crippen molar-refractivity contribution < 1.29 is 14.6 Å². The largest absolute Gasteiger partial charge is 0.489 e. The Morgan fingerprint density at radius 3 is 2.55 bits per heavy atom. The van der Waals surface area contributed by atoms with Crippen LogP contribution in [0.1, 0.15) is 64.9 Å². The van der Waals surface area contributed by atoms with Gasteiger partial charge in [-0.15, -0.1) is 0 Å². The van der Waals surface area contributed by atoms with Gasteiger partial charge in [-0.1, -0.05) is 57.0 Å². The van der Waals surface area contributed by atoms with Gasteiger partial charge in [0, 0.05) is 18.0 Å². The van der Waals surface area contributed by atoms with E-state index in [4.69, 9.17) is 16.3 Å². The van der Waals surface area contributed by atoms with Gasteiger partial charge in [0.25, 0.3) is 0 Å². The van der Waals surface area contributed by atoms with Crippen LogP contribution in [0.15, 0.2) is 30.3 Å². The first-order valence-corrected chi connectivity index (χ1v) is 12.0. The molecule has 2 fully saturated rings. The van der Waals surface area contributed by atoms with E-state index in [0.29, 0.717) is 18.0 Å². The normalized spacial score (nSPS) is 27.6. The molecule has 0 amide bonds. The molecule has 0 aromatic heterocycles. The van der Waals surface area contributed by atoms with E-state index in [1.165, 1.54) is 19.3 Å². The van der Waals surface area contributed by atoms with Crippen LogP contribution in [0, 0.1) is 17.3 Å². The highest BCUT2D eigenvalue weighted by atomic mass is 35.5. The molecule has 0 bridgehead atoms. The molecule has 2 aliphatic carbocycles. The standard InChI is InChI=1S/C26H34ClNO3/c1-4-16-6-10-19(11-7-16)31-22-12-9-18-8-5-17(13-20(18)24(22)27)15-28-23-14-21(25(29)30)26(23,2)3/h5,8-9,12-13,16,19,21,23,28H,4,6-7,10-11,14-15H2,1-3H3,(H,29,30). The van der Waals surface area contributed by atoms with E-state index >= 15 is 0 Å². The highest BCUT2D eigenvalue weighted by Gasteiger charge is 2.51. The summed E-state index contributed by atoms with van der Waals surface area (Å²) in [7, 11) is 0. The number of carboxylic acids is 1. The quantitative estimate of drug-likeness (QED) is 0.517. The molecule has 2 unspecified atom stereocenters. The molecule has 2 N–H and O–H groups in total. The van der Waals surface area contributed by atoms with Gasteiger partial charge in [0.15, 0.2) is 0 Å². The predicted molar refractivity (Wildman–Crippen MR) is 126 cm³/mol. The summed E-state index contributed by atoms with van der Waals surface area (Å²) < 4.78 is 6.31. The summed E-state index contributed by atoms with van der Waals surface area (Å²) in [6.07, 6.45) is 6.87. The van der Waals surface area contributed by atoms with Crippen molar-refractivity contribution in [2.45, 2.75) is 78.0 Å². The number of rotatable bonds is 7. The van der Waals surface area contributed by atoms with Crippen LogP contribution >= 0.6 is 11.6 Å². The van der Waals surface area contributed by atoms with E-state index in [-0.39, 0.29) is 23.5 Å². The van der Waals surface area contributed by atoms with Crippen molar-refractivity contribution in [1.82, 2.24) is 5.32 Å². The summed E-state index contributed by atoms with van der Waals surface area (Å²) >= 11 is 6.78. The van der Waals surface area contributed by atoms with Crippen LogP contribution in [0.3, 0.4) is 0 Å². The molecule has 0 saturated heterocycles.